The molecule has 0 saturated carbocycles. The summed E-state index contributed by atoms with van der Waals surface area (Å²) < 4.78 is 17.7. The molecular formula is C24H22N4O5S. The van der Waals surface area contributed by atoms with Gasteiger partial charge in [-0.05, 0) is 36.8 Å². The number of benzene rings is 2. The topological polar surface area (TPSA) is 108 Å². The molecular weight excluding hydrogens is 456 g/mol. The van der Waals surface area contributed by atoms with Crippen molar-refractivity contribution in [2.75, 3.05) is 17.7 Å². The quantitative estimate of drug-likeness (QED) is 0.207. The van der Waals surface area contributed by atoms with Gasteiger partial charge in [-0.2, -0.15) is 0 Å². The summed E-state index contributed by atoms with van der Waals surface area (Å²) in [6.07, 6.45) is 0.998. The number of rotatable bonds is 9. The summed E-state index contributed by atoms with van der Waals surface area (Å²) in [6, 6.07) is 20.0. The second-order valence-corrected chi connectivity index (χ2v) is 7.93. The number of nitrogens with one attached hydrogen (secondary N) is 1. The van der Waals surface area contributed by atoms with Gasteiger partial charge in [-0.15, -0.1) is 10.2 Å². The highest BCUT2D eigenvalue weighted by molar-refractivity contribution is 7.99. The molecule has 2 aromatic carbocycles. The van der Waals surface area contributed by atoms with Crippen LogP contribution in [0, 0.1) is 0 Å². The second kappa shape index (κ2) is 11.2. The largest absolute Gasteiger partial charge is 0.461 e. The van der Waals surface area contributed by atoms with Crippen LogP contribution in [0.1, 0.15) is 12.5 Å². The third kappa shape index (κ3) is 6.04. The summed E-state index contributed by atoms with van der Waals surface area (Å²) in [5, 5.41) is 11.7. The Balaban J connectivity index is 1.43. The average molecular weight is 479 g/mol. The highest BCUT2D eigenvalue weighted by Crippen LogP contribution is 2.26. The predicted molar refractivity (Wildman–Crippen MR) is 127 cm³/mol. The van der Waals surface area contributed by atoms with Gasteiger partial charge in [0.2, 0.25) is 5.82 Å². The normalized spacial score (nSPS) is 10.6. The molecule has 0 aliphatic rings. The molecule has 2 aromatic heterocycles. The molecule has 4 rings (SSSR count). The van der Waals surface area contributed by atoms with Crippen molar-refractivity contribution in [3.8, 4) is 17.3 Å². The van der Waals surface area contributed by atoms with E-state index >= 15 is 0 Å². The zero-order valence-electron chi connectivity index (χ0n) is 18.3. The van der Waals surface area contributed by atoms with Crippen molar-refractivity contribution in [1.82, 2.24) is 14.8 Å². The fourth-order valence-electron chi connectivity index (χ4n) is 3.10. The van der Waals surface area contributed by atoms with Gasteiger partial charge in [0.1, 0.15) is 5.75 Å². The average Bonchev–Trinajstić information content (AvgIpc) is 3.49. The van der Waals surface area contributed by atoms with E-state index in [-0.39, 0.29) is 12.4 Å². The van der Waals surface area contributed by atoms with E-state index in [1.54, 1.807) is 43.5 Å². The molecule has 34 heavy (non-hydrogen) atoms. The number of carbonyl (C=O) groups is 2. The molecule has 4 aromatic rings. The van der Waals surface area contributed by atoms with Gasteiger partial charge in [0, 0.05) is 11.8 Å². The molecule has 0 unspecified atom stereocenters. The number of esters is 1. The predicted octanol–water partition coefficient (Wildman–Crippen LogP) is 4.85. The fourth-order valence-corrected chi connectivity index (χ4v) is 3.81. The third-order valence-corrected chi connectivity index (χ3v) is 5.49. The summed E-state index contributed by atoms with van der Waals surface area (Å²) in [6.45, 7) is 2.49. The van der Waals surface area contributed by atoms with Gasteiger partial charge < -0.3 is 13.9 Å². The molecule has 0 radical (unpaired) electrons. The number of anilines is 1. The fraction of sp³-hybridized carbons (Fsp3) is 0.167. The molecule has 1 amide bonds. The molecule has 0 fully saturated rings. The lowest BCUT2D eigenvalue weighted by molar-refractivity contribution is -0.131. The van der Waals surface area contributed by atoms with Crippen LogP contribution in [0.4, 0.5) is 10.5 Å². The number of ether oxygens (including phenoxy) is 2. The highest BCUT2D eigenvalue weighted by Gasteiger charge is 2.18. The first-order valence-electron chi connectivity index (χ1n) is 10.5. The van der Waals surface area contributed by atoms with Gasteiger partial charge in [-0.3, -0.25) is 14.7 Å². The Morgan fingerprint density at radius 2 is 1.91 bits per heavy atom. The van der Waals surface area contributed by atoms with E-state index in [0.717, 1.165) is 5.56 Å². The number of carbonyl (C=O) groups excluding carboxylic acids is 2. The summed E-state index contributed by atoms with van der Waals surface area (Å²) >= 11 is 1.22. The SMILES string of the molecule is CCOC(=O)Nc1cccc(OC(=O)CSc2nnc(-c3ccco3)n2Cc2ccccc2)c1. The first-order valence-corrected chi connectivity index (χ1v) is 11.5. The Labute approximate surface area is 200 Å². The van der Waals surface area contributed by atoms with E-state index in [0.29, 0.717) is 34.7 Å². The lowest BCUT2D eigenvalue weighted by Gasteiger charge is -2.10. The zero-order valence-corrected chi connectivity index (χ0v) is 19.2. The van der Waals surface area contributed by atoms with E-state index in [2.05, 4.69) is 15.5 Å². The lowest BCUT2D eigenvalue weighted by Crippen LogP contribution is -2.14. The van der Waals surface area contributed by atoms with Crippen molar-refractivity contribution in [2.45, 2.75) is 18.6 Å². The van der Waals surface area contributed by atoms with Crippen molar-refractivity contribution < 1.29 is 23.5 Å². The van der Waals surface area contributed by atoms with Crippen LogP contribution in [0.25, 0.3) is 11.6 Å². The van der Waals surface area contributed by atoms with Crippen LogP contribution in [0.15, 0.2) is 82.6 Å². The summed E-state index contributed by atoms with van der Waals surface area (Å²) in [5.41, 5.74) is 1.52. The number of furan rings is 1. The first-order chi connectivity index (χ1) is 16.6. The van der Waals surface area contributed by atoms with Crippen LogP contribution < -0.4 is 10.1 Å². The number of hydrogen-bond acceptors (Lipinski definition) is 8. The van der Waals surface area contributed by atoms with Crippen LogP contribution >= 0.6 is 11.8 Å². The van der Waals surface area contributed by atoms with Gasteiger partial charge in [-0.25, -0.2) is 4.79 Å². The van der Waals surface area contributed by atoms with Crippen molar-refractivity contribution in [3.05, 3.63) is 78.6 Å². The van der Waals surface area contributed by atoms with Crippen LogP contribution in [0.2, 0.25) is 0 Å². The maximum absolute atomic E-state index is 12.5. The number of hydrogen-bond donors (Lipinski definition) is 1. The Kier molecular flexibility index (Phi) is 7.61. The Bertz CT molecular complexity index is 1240. The maximum Gasteiger partial charge on any atom is 0.411 e. The van der Waals surface area contributed by atoms with Gasteiger partial charge in [0.25, 0.3) is 0 Å². The maximum atomic E-state index is 12.5. The standard InChI is InChI=1S/C24H22N4O5S/c1-2-31-24(30)25-18-10-6-11-19(14-18)33-21(29)16-34-23-27-26-22(20-12-7-13-32-20)28(23)15-17-8-4-3-5-9-17/h3-14H,2,15-16H2,1H3,(H,25,30). The molecule has 0 bridgehead atoms. The zero-order chi connectivity index (χ0) is 23.8. The van der Waals surface area contributed by atoms with Crippen LogP contribution in [-0.4, -0.2) is 39.2 Å². The number of aromatic nitrogens is 3. The number of amides is 1. The highest BCUT2D eigenvalue weighted by atomic mass is 32.2. The molecule has 0 spiro atoms. The van der Waals surface area contributed by atoms with Gasteiger partial charge in [-0.1, -0.05) is 48.2 Å². The molecule has 0 aliphatic heterocycles. The smallest absolute Gasteiger partial charge is 0.411 e. The summed E-state index contributed by atoms with van der Waals surface area (Å²) in [4.78, 5) is 24.1. The van der Waals surface area contributed by atoms with Crippen molar-refractivity contribution in [1.29, 1.82) is 0 Å². The van der Waals surface area contributed by atoms with Crippen LogP contribution in [0.5, 0.6) is 5.75 Å². The van der Waals surface area contributed by atoms with Gasteiger partial charge in [0.15, 0.2) is 10.9 Å². The lowest BCUT2D eigenvalue weighted by atomic mass is 10.2. The Hall–Kier alpha value is -4.05. The molecule has 1 N–H and O–H groups in total. The number of nitrogens with zero attached hydrogens (tertiary/aromatic N) is 3. The van der Waals surface area contributed by atoms with E-state index in [1.165, 1.54) is 11.8 Å². The Morgan fingerprint density at radius 3 is 2.68 bits per heavy atom. The van der Waals surface area contributed by atoms with Crippen LogP contribution in [0.3, 0.4) is 0 Å². The van der Waals surface area contributed by atoms with Crippen molar-refractivity contribution in [3.63, 3.8) is 0 Å². The minimum absolute atomic E-state index is 0.0145. The van der Waals surface area contributed by atoms with Gasteiger partial charge >= 0.3 is 12.1 Å². The van der Waals surface area contributed by atoms with Crippen molar-refractivity contribution >= 4 is 29.5 Å². The monoisotopic (exact) mass is 478 g/mol. The van der Waals surface area contributed by atoms with Gasteiger partial charge in [0.05, 0.1) is 25.2 Å². The van der Waals surface area contributed by atoms with E-state index in [1.807, 2.05) is 41.0 Å². The minimum Gasteiger partial charge on any atom is -0.461 e. The molecule has 10 heteroatoms. The van der Waals surface area contributed by atoms with E-state index in [4.69, 9.17) is 13.9 Å². The molecule has 0 aliphatic carbocycles. The minimum atomic E-state index is -0.577. The van der Waals surface area contributed by atoms with E-state index in [9.17, 15) is 9.59 Å². The summed E-state index contributed by atoms with van der Waals surface area (Å²) in [5.74, 6) is 1.01. The molecule has 174 valence electrons. The third-order valence-electron chi connectivity index (χ3n) is 4.55. The van der Waals surface area contributed by atoms with Crippen molar-refractivity contribution in [2.24, 2.45) is 0 Å². The molecule has 9 nitrogen and oxygen atoms in total. The van der Waals surface area contributed by atoms with Crippen LogP contribution in [-0.2, 0) is 16.1 Å². The molecule has 2 heterocycles. The molecule has 0 saturated heterocycles. The number of thioether (sulfide) groups is 1. The van der Waals surface area contributed by atoms with E-state index < -0.39 is 12.1 Å². The molecule has 0 atom stereocenters. The summed E-state index contributed by atoms with van der Waals surface area (Å²) in [7, 11) is 0. The second-order valence-electron chi connectivity index (χ2n) is 6.99. The Morgan fingerprint density at radius 1 is 1.06 bits per heavy atom. The first kappa shape index (κ1) is 23.1.